The minimum Gasteiger partial charge on any atom is -0.485 e. The van der Waals surface area contributed by atoms with Crippen LogP contribution in [0.3, 0.4) is 0 Å². The van der Waals surface area contributed by atoms with Crippen LogP contribution in [0.1, 0.15) is 54.1 Å². The Bertz CT molecular complexity index is 679. The summed E-state index contributed by atoms with van der Waals surface area (Å²) >= 11 is 3.45. The minimum absolute atomic E-state index is 0.0505. The molecule has 4 rings (SSSR count). The molecule has 0 spiro atoms. The van der Waals surface area contributed by atoms with Crippen LogP contribution < -0.4 is 4.74 Å². The number of benzene rings is 2. The van der Waals surface area contributed by atoms with Crippen molar-refractivity contribution in [3.05, 3.63) is 63.6 Å². The molecule has 2 aromatic rings. The highest BCUT2D eigenvalue weighted by Gasteiger charge is 2.33. The molecule has 3 heteroatoms. The minimum atomic E-state index is -0.469. The van der Waals surface area contributed by atoms with E-state index in [9.17, 15) is 5.11 Å². The number of hydrogen-bond acceptors (Lipinski definition) is 2. The van der Waals surface area contributed by atoms with E-state index in [1.807, 2.05) is 18.2 Å². The van der Waals surface area contributed by atoms with Crippen molar-refractivity contribution < 1.29 is 9.84 Å². The molecule has 2 nitrogen and oxygen atoms in total. The summed E-state index contributed by atoms with van der Waals surface area (Å²) in [6, 6.07) is 14.4. The Labute approximate surface area is 132 Å². The number of aliphatic hydroxyl groups excluding tert-OH is 1. The summed E-state index contributed by atoms with van der Waals surface area (Å²) in [5.74, 6) is 1.49. The Morgan fingerprint density at radius 3 is 2.52 bits per heavy atom. The van der Waals surface area contributed by atoms with Crippen LogP contribution >= 0.6 is 15.9 Å². The first-order valence-electron chi connectivity index (χ1n) is 7.45. The van der Waals surface area contributed by atoms with Crippen LogP contribution in [0.2, 0.25) is 0 Å². The smallest absolute Gasteiger partial charge is 0.127 e. The summed E-state index contributed by atoms with van der Waals surface area (Å²) < 4.78 is 7.15. The predicted molar refractivity (Wildman–Crippen MR) is 85.5 cm³/mol. The van der Waals surface area contributed by atoms with Gasteiger partial charge in [0.25, 0.3) is 0 Å². The van der Waals surface area contributed by atoms with E-state index in [0.29, 0.717) is 12.3 Å². The SMILES string of the molecule is O[C@H]1CC(c2ccccc2C2CC2)Oc2ccc(Br)cc21. The van der Waals surface area contributed by atoms with E-state index in [1.165, 1.54) is 24.0 Å². The van der Waals surface area contributed by atoms with Crippen molar-refractivity contribution in [2.75, 3.05) is 0 Å². The van der Waals surface area contributed by atoms with Crippen molar-refractivity contribution in [3.63, 3.8) is 0 Å². The maximum absolute atomic E-state index is 10.5. The van der Waals surface area contributed by atoms with Gasteiger partial charge in [0.1, 0.15) is 11.9 Å². The summed E-state index contributed by atoms with van der Waals surface area (Å²) in [5.41, 5.74) is 3.52. The molecule has 1 saturated carbocycles. The van der Waals surface area contributed by atoms with Crippen LogP contribution in [0.5, 0.6) is 5.75 Å². The van der Waals surface area contributed by atoms with Gasteiger partial charge in [0.2, 0.25) is 0 Å². The molecule has 0 saturated heterocycles. The normalized spacial score (nSPS) is 24.3. The zero-order chi connectivity index (χ0) is 14.4. The van der Waals surface area contributed by atoms with E-state index in [2.05, 4.69) is 40.2 Å². The summed E-state index contributed by atoms with van der Waals surface area (Å²) in [5, 5.41) is 10.5. The van der Waals surface area contributed by atoms with Crippen molar-refractivity contribution in [2.45, 2.75) is 37.4 Å². The molecule has 0 radical (unpaired) electrons. The lowest BCUT2D eigenvalue weighted by Crippen LogP contribution is -2.20. The molecule has 0 amide bonds. The molecule has 1 unspecified atom stereocenters. The van der Waals surface area contributed by atoms with Gasteiger partial charge in [0.05, 0.1) is 6.10 Å². The second-order valence-corrected chi connectivity index (χ2v) is 6.86. The second kappa shape index (κ2) is 5.15. The monoisotopic (exact) mass is 344 g/mol. The first-order chi connectivity index (χ1) is 10.2. The van der Waals surface area contributed by atoms with E-state index >= 15 is 0 Å². The van der Waals surface area contributed by atoms with Gasteiger partial charge in [0, 0.05) is 16.5 Å². The maximum atomic E-state index is 10.5. The second-order valence-electron chi connectivity index (χ2n) is 5.94. The molecule has 1 N–H and O–H groups in total. The van der Waals surface area contributed by atoms with Gasteiger partial charge >= 0.3 is 0 Å². The predicted octanol–water partition coefficient (Wildman–Crippen LogP) is 4.88. The molecule has 2 atom stereocenters. The van der Waals surface area contributed by atoms with Crippen LogP contribution in [-0.2, 0) is 0 Å². The topological polar surface area (TPSA) is 29.5 Å². The molecule has 108 valence electrons. The van der Waals surface area contributed by atoms with Crippen molar-refractivity contribution >= 4 is 15.9 Å². The first kappa shape index (κ1) is 13.4. The number of hydrogen-bond donors (Lipinski definition) is 1. The lowest BCUT2D eigenvalue weighted by atomic mass is 9.91. The van der Waals surface area contributed by atoms with Gasteiger partial charge in [-0.15, -0.1) is 0 Å². The third-order valence-corrected chi connectivity index (χ3v) is 4.89. The van der Waals surface area contributed by atoms with Gasteiger partial charge in [0.15, 0.2) is 0 Å². The highest BCUT2D eigenvalue weighted by atomic mass is 79.9. The lowest BCUT2D eigenvalue weighted by Gasteiger charge is -2.31. The van der Waals surface area contributed by atoms with Crippen LogP contribution in [-0.4, -0.2) is 5.11 Å². The van der Waals surface area contributed by atoms with E-state index in [4.69, 9.17) is 4.74 Å². The molecule has 2 aliphatic rings. The van der Waals surface area contributed by atoms with Crippen LogP contribution in [0.25, 0.3) is 0 Å². The zero-order valence-electron chi connectivity index (χ0n) is 11.6. The molecular formula is C18H17BrO2. The number of aliphatic hydroxyl groups is 1. The highest BCUT2D eigenvalue weighted by molar-refractivity contribution is 9.10. The fraction of sp³-hybridized carbons (Fsp3) is 0.333. The molecule has 1 aliphatic heterocycles. The summed E-state index contributed by atoms with van der Waals surface area (Å²) in [4.78, 5) is 0. The first-order valence-corrected chi connectivity index (χ1v) is 8.24. The number of ether oxygens (including phenoxy) is 1. The van der Waals surface area contributed by atoms with E-state index in [0.717, 1.165) is 15.8 Å². The summed E-state index contributed by atoms with van der Waals surface area (Å²) in [6.45, 7) is 0. The van der Waals surface area contributed by atoms with Gasteiger partial charge in [-0.25, -0.2) is 0 Å². The van der Waals surface area contributed by atoms with Crippen molar-refractivity contribution in [1.82, 2.24) is 0 Å². The van der Waals surface area contributed by atoms with Crippen LogP contribution in [0.4, 0.5) is 0 Å². The quantitative estimate of drug-likeness (QED) is 0.840. The molecule has 2 aromatic carbocycles. The Balaban J connectivity index is 1.71. The van der Waals surface area contributed by atoms with Gasteiger partial charge in [-0.05, 0) is 48.1 Å². The number of halogens is 1. The fourth-order valence-corrected chi connectivity index (χ4v) is 3.56. The highest BCUT2D eigenvalue weighted by Crippen LogP contribution is 2.47. The molecule has 1 fully saturated rings. The maximum Gasteiger partial charge on any atom is 0.127 e. The van der Waals surface area contributed by atoms with Gasteiger partial charge < -0.3 is 9.84 Å². The van der Waals surface area contributed by atoms with E-state index in [1.54, 1.807) is 0 Å². The van der Waals surface area contributed by atoms with E-state index in [-0.39, 0.29) is 6.10 Å². The molecular weight excluding hydrogens is 328 g/mol. The number of fused-ring (bicyclic) bond motifs is 1. The summed E-state index contributed by atoms with van der Waals surface area (Å²) in [7, 11) is 0. The van der Waals surface area contributed by atoms with E-state index < -0.39 is 6.10 Å². The van der Waals surface area contributed by atoms with Crippen molar-refractivity contribution in [1.29, 1.82) is 0 Å². The molecule has 1 heterocycles. The van der Waals surface area contributed by atoms with Crippen LogP contribution in [0, 0.1) is 0 Å². The third-order valence-electron chi connectivity index (χ3n) is 4.40. The largest absolute Gasteiger partial charge is 0.485 e. The average molecular weight is 345 g/mol. The molecule has 0 bridgehead atoms. The number of rotatable bonds is 2. The Morgan fingerprint density at radius 2 is 1.76 bits per heavy atom. The van der Waals surface area contributed by atoms with Crippen molar-refractivity contribution in [3.8, 4) is 5.75 Å². The van der Waals surface area contributed by atoms with Gasteiger partial charge in [-0.2, -0.15) is 0 Å². The molecule has 21 heavy (non-hydrogen) atoms. The van der Waals surface area contributed by atoms with Gasteiger partial charge in [-0.1, -0.05) is 40.2 Å². The average Bonchev–Trinajstić information content (AvgIpc) is 3.32. The summed E-state index contributed by atoms with van der Waals surface area (Å²) in [6.07, 6.45) is 2.65. The van der Waals surface area contributed by atoms with Crippen molar-refractivity contribution in [2.24, 2.45) is 0 Å². The fourth-order valence-electron chi connectivity index (χ4n) is 3.18. The van der Waals surface area contributed by atoms with Crippen LogP contribution in [0.15, 0.2) is 46.9 Å². The molecule has 1 aliphatic carbocycles. The molecule has 0 aromatic heterocycles. The zero-order valence-corrected chi connectivity index (χ0v) is 13.2. The third kappa shape index (κ3) is 2.49. The Kier molecular flexibility index (Phi) is 3.27. The standard InChI is InChI=1S/C18H17BrO2/c19-12-7-8-17-15(9-12)16(20)10-18(21-17)14-4-2-1-3-13(14)11-5-6-11/h1-4,7-9,11,16,18,20H,5-6,10H2/t16-,18?/m0/s1. The lowest BCUT2D eigenvalue weighted by molar-refractivity contribution is 0.0652. The Morgan fingerprint density at radius 1 is 1.00 bits per heavy atom. The Hall–Kier alpha value is -1.32. The van der Waals surface area contributed by atoms with Gasteiger partial charge in [-0.3, -0.25) is 0 Å².